The number of rotatable bonds is 4. The largest absolute Gasteiger partial charge is 0.504 e. The third-order valence-corrected chi connectivity index (χ3v) is 2.56. The molecular weight excluding hydrogens is 236 g/mol. The molecule has 0 aliphatic heterocycles. The molecule has 0 atom stereocenters. The highest BCUT2D eigenvalue weighted by Crippen LogP contribution is 2.27. The smallest absolute Gasteiger partial charge is 0.255 e. The predicted octanol–water partition coefficient (Wildman–Crippen LogP) is 0.306. The molecule has 3 N–H and O–H groups in total. The number of carbonyl (C=O) groups is 2. The quantitative estimate of drug-likeness (QED) is 0.672. The van der Waals surface area contributed by atoms with E-state index in [0.717, 1.165) is 0 Å². The normalized spacial score (nSPS) is 9.89. The van der Waals surface area contributed by atoms with Crippen LogP contribution in [0.1, 0.15) is 17.3 Å². The molecule has 0 spiro atoms. The lowest BCUT2D eigenvalue weighted by atomic mass is 10.1. The van der Waals surface area contributed by atoms with Crippen LogP contribution in [0, 0.1) is 0 Å². The van der Waals surface area contributed by atoms with Crippen molar-refractivity contribution >= 4 is 11.8 Å². The summed E-state index contributed by atoms with van der Waals surface area (Å²) in [5.74, 6) is -1.71. The number of para-hydroxylation sites is 1. The maximum atomic E-state index is 11.7. The van der Waals surface area contributed by atoms with Gasteiger partial charge in [-0.2, -0.15) is 0 Å². The summed E-state index contributed by atoms with van der Waals surface area (Å²) >= 11 is 0. The van der Waals surface area contributed by atoms with Gasteiger partial charge in [0, 0.05) is 13.6 Å². The number of hydrogen-bond acceptors (Lipinski definition) is 4. The molecule has 1 aromatic rings. The number of carbonyl (C=O) groups excluding carboxylic acids is 2. The van der Waals surface area contributed by atoms with Crippen molar-refractivity contribution in [1.29, 1.82) is 0 Å². The maximum Gasteiger partial charge on any atom is 0.255 e. The molecule has 6 heteroatoms. The van der Waals surface area contributed by atoms with Crippen molar-refractivity contribution in [3.05, 3.63) is 23.8 Å². The fourth-order valence-electron chi connectivity index (χ4n) is 1.28. The monoisotopic (exact) mass is 252 g/mol. The van der Waals surface area contributed by atoms with Crippen LogP contribution in [0.3, 0.4) is 0 Å². The Balaban J connectivity index is 2.67. The Morgan fingerprint density at radius 1 is 1.33 bits per heavy atom. The zero-order valence-electron chi connectivity index (χ0n) is 10.3. The number of hydrogen-bond donors (Lipinski definition) is 3. The van der Waals surface area contributed by atoms with Gasteiger partial charge in [-0.3, -0.25) is 9.59 Å². The second-order valence-electron chi connectivity index (χ2n) is 3.76. The van der Waals surface area contributed by atoms with Crippen molar-refractivity contribution in [3.63, 3.8) is 0 Å². The first-order valence-corrected chi connectivity index (χ1v) is 5.50. The van der Waals surface area contributed by atoms with Crippen LogP contribution in [0.15, 0.2) is 18.2 Å². The van der Waals surface area contributed by atoms with Crippen molar-refractivity contribution < 1.29 is 19.8 Å². The van der Waals surface area contributed by atoms with Crippen molar-refractivity contribution in [3.8, 4) is 11.5 Å². The molecule has 0 radical (unpaired) electrons. The van der Waals surface area contributed by atoms with Crippen LogP contribution in [0.25, 0.3) is 0 Å². The Labute approximate surface area is 105 Å². The first-order valence-electron chi connectivity index (χ1n) is 5.50. The Kier molecular flexibility index (Phi) is 4.53. The molecule has 0 aliphatic rings. The van der Waals surface area contributed by atoms with Crippen LogP contribution in [0.5, 0.6) is 11.5 Å². The zero-order valence-corrected chi connectivity index (χ0v) is 10.3. The van der Waals surface area contributed by atoms with Gasteiger partial charge in [0.15, 0.2) is 11.5 Å². The third kappa shape index (κ3) is 3.13. The molecule has 0 saturated carbocycles. The number of phenolic OH excluding ortho intramolecular Hbond substituents is 2. The van der Waals surface area contributed by atoms with Gasteiger partial charge in [-0.1, -0.05) is 6.07 Å². The van der Waals surface area contributed by atoms with E-state index in [0.29, 0.717) is 6.54 Å². The van der Waals surface area contributed by atoms with Gasteiger partial charge in [0.1, 0.15) is 0 Å². The number of benzene rings is 1. The third-order valence-electron chi connectivity index (χ3n) is 2.56. The molecule has 0 aliphatic carbocycles. The van der Waals surface area contributed by atoms with E-state index < -0.39 is 11.7 Å². The lowest BCUT2D eigenvalue weighted by molar-refractivity contribution is -0.128. The van der Waals surface area contributed by atoms with Gasteiger partial charge in [-0.25, -0.2) is 0 Å². The van der Waals surface area contributed by atoms with Gasteiger partial charge in [0.05, 0.1) is 12.1 Å². The average molecular weight is 252 g/mol. The molecule has 2 amide bonds. The number of aromatic hydroxyl groups is 2. The van der Waals surface area contributed by atoms with Crippen molar-refractivity contribution in [2.75, 3.05) is 20.1 Å². The van der Waals surface area contributed by atoms with Crippen LogP contribution in [0.4, 0.5) is 0 Å². The summed E-state index contributed by atoms with van der Waals surface area (Å²) in [6.07, 6.45) is 0. The van der Waals surface area contributed by atoms with E-state index in [-0.39, 0.29) is 23.8 Å². The molecule has 0 unspecified atom stereocenters. The molecule has 1 rings (SSSR count). The molecule has 6 nitrogen and oxygen atoms in total. The van der Waals surface area contributed by atoms with E-state index in [1.54, 1.807) is 7.05 Å². The minimum atomic E-state index is -0.610. The zero-order chi connectivity index (χ0) is 13.7. The molecule has 0 fully saturated rings. The van der Waals surface area contributed by atoms with E-state index in [1.807, 2.05) is 6.92 Å². The Bertz CT molecular complexity index is 459. The number of likely N-dealkylation sites (N-methyl/N-ethyl adjacent to an activating group) is 1. The molecular formula is C12H16N2O4. The minimum Gasteiger partial charge on any atom is -0.504 e. The van der Waals surface area contributed by atoms with Gasteiger partial charge >= 0.3 is 0 Å². The Morgan fingerprint density at radius 3 is 2.61 bits per heavy atom. The van der Waals surface area contributed by atoms with Gasteiger partial charge in [-0.15, -0.1) is 0 Å². The Morgan fingerprint density at radius 2 is 2.00 bits per heavy atom. The SMILES string of the molecule is CCN(C)C(=O)CNC(=O)c1cccc(O)c1O. The summed E-state index contributed by atoms with van der Waals surface area (Å²) in [5, 5.41) is 21.1. The summed E-state index contributed by atoms with van der Waals surface area (Å²) < 4.78 is 0. The molecule has 1 aromatic carbocycles. The summed E-state index contributed by atoms with van der Waals surface area (Å²) in [4.78, 5) is 24.6. The summed E-state index contributed by atoms with van der Waals surface area (Å²) in [6, 6.07) is 4.06. The lowest BCUT2D eigenvalue weighted by Gasteiger charge is -2.14. The van der Waals surface area contributed by atoms with Crippen LogP contribution in [-0.2, 0) is 4.79 Å². The second kappa shape index (κ2) is 5.90. The topological polar surface area (TPSA) is 89.9 Å². The van der Waals surface area contributed by atoms with Crippen LogP contribution in [-0.4, -0.2) is 47.1 Å². The van der Waals surface area contributed by atoms with E-state index >= 15 is 0 Å². The first kappa shape index (κ1) is 13.8. The van der Waals surface area contributed by atoms with E-state index in [4.69, 9.17) is 0 Å². The highest BCUT2D eigenvalue weighted by molar-refractivity contribution is 5.99. The van der Waals surface area contributed by atoms with E-state index in [1.165, 1.54) is 23.1 Å². The molecule has 0 aromatic heterocycles. The summed E-state index contributed by atoms with van der Waals surface area (Å²) in [6.45, 7) is 2.21. The maximum absolute atomic E-state index is 11.7. The number of amides is 2. The van der Waals surface area contributed by atoms with Crippen molar-refractivity contribution in [2.24, 2.45) is 0 Å². The Hall–Kier alpha value is -2.24. The molecule has 18 heavy (non-hydrogen) atoms. The van der Waals surface area contributed by atoms with E-state index in [9.17, 15) is 19.8 Å². The highest BCUT2D eigenvalue weighted by atomic mass is 16.3. The highest BCUT2D eigenvalue weighted by Gasteiger charge is 2.15. The second-order valence-corrected chi connectivity index (χ2v) is 3.76. The molecule has 98 valence electrons. The number of phenols is 2. The van der Waals surface area contributed by atoms with E-state index in [2.05, 4.69) is 5.32 Å². The van der Waals surface area contributed by atoms with Crippen molar-refractivity contribution in [1.82, 2.24) is 10.2 Å². The molecule has 0 heterocycles. The fourth-order valence-corrected chi connectivity index (χ4v) is 1.28. The van der Waals surface area contributed by atoms with Crippen LogP contribution >= 0.6 is 0 Å². The van der Waals surface area contributed by atoms with Crippen LogP contribution < -0.4 is 5.32 Å². The van der Waals surface area contributed by atoms with Crippen molar-refractivity contribution in [2.45, 2.75) is 6.92 Å². The van der Waals surface area contributed by atoms with Gasteiger partial charge in [0.2, 0.25) is 5.91 Å². The summed E-state index contributed by atoms with van der Waals surface area (Å²) in [5.41, 5.74) is -0.0676. The lowest BCUT2D eigenvalue weighted by Crippen LogP contribution is -2.38. The minimum absolute atomic E-state index is 0.0676. The summed E-state index contributed by atoms with van der Waals surface area (Å²) in [7, 11) is 1.63. The van der Waals surface area contributed by atoms with Gasteiger partial charge in [-0.05, 0) is 19.1 Å². The van der Waals surface area contributed by atoms with Crippen LogP contribution in [0.2, 0.25) is 0 Å². The van der Waals surface area contributed by atoms with Gasteiger partial charge in [0.25, 0.3) is 5.91 Å². The number of nitrogens with one attached hydrogen (secondary N) is 1. The fraction of sp³-hybridized carbons (Fsp3) is 0.333. The van der Waals surface area contributed by atoms with Gasteiger partial charge < -0.3 is 20.4 Å². The predicted molar refractivity (Wildman–Crippen MR) is 65.4 cm³/mol. The number of nitrogens with zero attached hydrogens (tertiary/aromatic N) is 1. The standard InChI is InChI=1S/C12H16N2O4/c1-3-14(2)10(16)7-13-12(18)8-5-4-6-9(15)11(8)17/h4-6,15,17H,3,7H2,1-2H3,(H,13,18). The first-order chi connectivity index (χ1) is 8.47. The molecule has 0 bridgehead atoms. The molecule has 0 saturated heterocycles. The average Bonchev–Trinajstić information content (AvgIpc) is 2.37.